The highest BCUT2D eigenvalue weighted by molar-refractivity contribution is 5.95. The predicted molar refractivity (Wildman–Crippen MR) is 75.8 cm³/mol. The molecule has 5 nitrogen and oxygen atoms in total. The van der Waals surface area contributed by atoms with Gasteiger partial charge in [0.05, 0.1) is 25.5 Å². The first-order chi connectivity index (χ1) is 9.74. The van der Waals surface area contributed by atoms with Crippen LogP contribution in [0.4, 0.5) is 5.69 Å². The largest absolute Gasteiger partial charge is 0.491 e. The van der Waals surface area contributed by atoms with Crippen LogP contribution in [0.25, 0.3) is 0 Å². The number of hydrogen-bond acceptors (Lipinski definition) is 4. The summed E-state index contributed by atoms with van der Waals surface area (Å²) in [4.78, 5) is 14.2. The van der Waals surface area contributed by atoms with Crippen LogP contribution < -0.4 is 10.5 Å². The normalized spacial score (nSPS) is 18.9. The number of nitrogen functional groups attached to an aromatic ring is 1. The molecule has 0 radical (unpaired) electrons. The number of amides is 1. The summed E-state index contributed by atoms with van der Waals surface area (Å²) in [6.07, 6.45) is 2.46. The number of benzene rings is 1. The van der Waals surface area contributed by atoms with E-state index in [9.17, 15) is 4.79 Å². The number of nitrogens with two attached hydrogens (primary N) is 1. The number of carbonyl (C=O) groups excluding carboxylic acids is 1. The number of morpholine rings is 1. The summed E-state index contributed by atoms with van der Waals surface area (Å²) in [5.41, 5.74) is 7.12. The number of carbonyl (C=O) groups is 1. The van der Waals surface area contributed by atoms with E-state index in [1.165, 1.54) is 12.8 Å². The Hall–Kier alpha value is -1.75. The molecule has 1 heterocycles. The minimum atomic E-state index is 0.0181. The summed E-state index contributed by atoms with van der Waals surface area (Å²) >= 11 is 0. The highest BCUT2D eigenvalue weighted by Crippen LogP contribution is 2.31. The Labute approximate surface area is 118 Å². The van der Waals surface area contributed by atoms with Crippen molar-refractivity contribution in [3.63, 3.8) is 0 Å². The number of hydrogen-bond donors (Lipinski definition) is 1. The molecule has 0 atom stereocenters. The Morgan fingerprint density at radius 1 is 1.35 bits per heavy atom. The molecule has 0 bridgehead atoms. The van der Waals surface area contributed by atoms with E-state index in [4.69, 9.17) is 15.2 Å². The molecule has 0 unspecified atom stereocenters. The standard InChI is InChI=1S/C15H20N2O3/c16-13-4-3-12(9-14(13)20-10-11-1-2-11)15(18)17-5-7-19-8-6-17/h3-4,9,11H,1-2,5-8,10,16H2. The van der Waals surface area contributed by atoms with Crippen LogP contribution in [0.1, 0.15) is 23.2 Å². The molecule has 1 saturated carbocycles. The Morgan fingerprint density at radius 2 is 2.10 bits per heavy atom. The average Bonchev–Trinajstić information content (AvgIpc) is 3.31. The first-order valence-corrected chi connectivity index (χ1v) is 7.13. The first-order valence-electron chi connectivity index (χ1n) is 7.13. The molecule has 1 aromatic rings. The molecule has 0 aromatic heterocycles. The zero-order valence-electron chi connectivity index (χ0n) is 11.5. The zero-order valence-corrected chi connectivity index (χ0v) is 11.5. The molecular weight excluding hydrogens is 256 g/mol. The molecule has 2 fully saturated rings. The van der Waals surface area contributed by atoms with Gasteiger partial charge in [-0.05, 0) is 37.0 Å². The van der Waals surface area contributed by atoms with Gasteiger partial charge in [0, 0.05) is 18.7 Å². The van der Waals surface area contributed by atoms with Gasteiger partial charge >= 0.3 is 0 Å². The number of rotatable bonds is 4. The number of nitrogens with zero attached hydrogens (tertiary/aromatic N) is 1. The van der Waals surface area contributed by atoms with Crippen molar-refractivity contribution >= 4 is 11.6 Å². The highest BCUT2D eigenvalue weighted by atomic mass is 16.5. The molecule has 5 heteroatoms. The van der Waals surface area contributed by atoms with E-state index in [1.807, 2.05) is 0 Å². The monoisotopic (exact) mass is 276 g/mol. The number of anilines is 1. The average molecular weight is 276 g/mol. The van der Waals surface area contributed by atoms with Crippen LogP contribution in [0.15, 0.2) is 18.2 Å². The smallest absolute Gasteiger partial charge is 0.254 e. The lowest BCUT2D eigenvalue weighted by Gasteiger charge is -2.27. The Morgan fingerprint density at radius 3 is 2.80 bits per heavy atom. The second kappa shape index (κ2) is 5.71. The van der Waals surface area contributed by atoms with Crippen LogP contribution in [0.5, 0.6) is 5.75 Å². The third-order valence-electron chi connectivity index (χ3n) is 3.73. The lowest BCUT2D eigenvalue weighted by atomic mass is 10.1. The molecular formula is C15H20N2O3. The quantitative estimate of drug-likeness (QED) is 0.847. The van der Waals surface area contributed by atoms with Crippen molar-refractivity contribution < 1.29 is 14.3 Å². The SMILES string of the molecule is Nc1ccc(C(=O)N2CCOCC2)cc1OCC1CC1. The summed E-state index contributed by atoms with van der Waals surface area (Å²) < 4.78 is 11.0. The summed E-state index contributed by atoms with van der Waals surface area (Å²) in [7, 11) is 0. The fourth-order valence-corrected chi connectivity index (χ4v) is 2.23. The van der Waals surface area contributed by atoms with E-state index in [2.05, 4.69) is 0 Å². The molecule has 1 aliphatic carbocycles. The van der Waals surface area contributed by atoms with Crippen molar-refractivity contribution in [2.75, 3.05) is 38.6 Å². The second-order valence-corrected chi connectivity index (χ2v) is 5.41. The molecule has 1 saturated heterocycles. The van der Waals surface area contributed by atoms with Crippen LogP contribution >= 0.6 is 0 Å². The lowest BCUT2D eigenvalue weighted by molar-refractivity contribution is 0.0302. The third-order valence-corrected chi connectivity index (χ3v) is 3.73. The maximum absolute atomic E-state index is 12.4. The fourth-order valence-electron chi connectivity index (χ4n) is 2.23. The Kier molecular flexibility index (Phi) is 3.78. The summed E-state index contributed by atoms with van der Waals surface area (Å²) in [6, 6.07) is 5.27. The molecule has 108 valence electrons. The number of ether oxygens (including phenoxy) is 2. The van der Waals surface area contributed by atoms with E-state index in [0.717, 1.165) is 0 Å². The topological polar surface area (TPSA) is 64.8 Å². The van der Waals surface area contributed by atoms with Gasteiger partial charge in [-0.3, -0.25) is 4.79 Å². The lowest BCUT2D eigenvalue weighted by Crippen LogP contribution is -2.40. The van der Waals surface area contributed by atoms with Gasteiger partial charge in [-0.1, -0.05) is 0 Å². The van der Waals surface area contributed by atoms with Crippen LogP contribution in [-0.4, -0.2) is 43.7 Å². The maximum atomic E-state index is 12.4. The van der Waals surface area contributed by atoms with Crippen molar-refractivity contribution in [2.24, 2.45) is 5.92 Å². The third kappa shape index (κ3) is 3.04. The molecule has 3 rings (SSSR count). The van der Waals surface area contributed by atoms with Crippen molar-refractivity contribution in [2.45, 2.75) is 12.8 Å². The van der Waals surface area contributed by atoms with Gasteiger partial charge in [0.25, 0.3) is 5.91 Å². The van der Waals surface area contributed by atoms with Crippen molar-refractivity contribution in [1.82, 2.24) is 4.90 Å². The maximum Gasteiger partial charge on any atom is 0.254 e. The van der Waals surface area contributed by atoms with Crippen molar-refractivity contribution in [3.05, 3.63) is 23.8 Å². The van der Waals surface area contributed by atoms with Gasteiger partial charge in [-0.15, -0.1) is 0 Å². The first kappa shape index (κ1) is 13.2. The molecule has 2 aliphatic rings. The van der Waals surface area contributed by atoms with Gasteiger partial charge in [0.15, 0.2) is 0 Å². The van der Waals surface area contributed by atoms with Gasteiger partial charge in [-0.25, -0.2) is 0 Å². The molecule has 0 spiro atoms. The van der Waals surface area contributed by atoms with Crippen molar-refractivity contribution in [3.8, 4) is 5.75 Å². The fraction of sp³-hybridized carbons (Fsp3) is 0.533. The van der Waals surface area contributed by atoms with E-state index in [0.29, 0.717) is 55.8 Å². The summed E-state index contributed by atoms with van der Waals surface area (Å²) in [5, 5.41) is 0. The molecule has 1 aliphatic heterocycles. The van der Waals surface area contributed by atoms with Gasteiger partial charge in [0.1, 0.15) is 5.75 Å². The van der Waals surface area contributed by atoms with Gasteiger partial charge < -0.3 is 20.1 Å². The molecule has 1 aromatic carbocycles. The van der Waals surface area contributed by atoms with Gasteiger partial charge in [-0.2, -0.15) is 0 Å². The molecule has 20 heavy (non-hydrogen) atoms. The van der Waals surface area contributed by atoms with E-state index in [-0.39, 0.29) is 5.91 Å². The van der Waals surface area contributed by atoms with Crippen LogP contribution in [-0.2, 0) is 4.74 Å². The van der Waals surface area contributed by atoms with E-state index in [1.54, 1.807) is 23.1 Å². The summed E-state index contributed by atoms with van der Waals surface area (Å²) in [6.45, 7) is 3.18. The Bertz CT molecular complexity index is 494. The minimum Gasteiger partial charge on any atom is -0.491 e. The van der Waals surface area contributed by atoms with Crippen LogP contribution in [0.2, 0.25) is 0 Å². The van der Waals surface area contributed by atoms with Crippen LogP contribution in [0.3, 0.4) is 0 Å². The van der Waals surface area contributed by atoms with Crippen LogP contribution in [0, 0.1) is 5.92 Å². The minimum absolute atomic E-state index is 0.0181. The van der Waals surface area contributed by atoms with E-state index >= 15 is 0 Å². The molecule has 2 N–H and O–H groups in total. The highest BCUT2D eigenvalue weighted by Gasteiger charge is 2.23. The Balaban J connectivity index is 1.71. The van der Waals surface area contributed by atoms with Gasteiger partial charge in [0.2, 0.25) is 0 Å². The zero-order chi connectivity index (χ0) is 13.9. The molecule has 1 amide bonds. The predicted octanol–water partition coefficient (Wildman–Crippen LogP) is 1.53. The summed E-state index contributed by atoms with van der Waals surface area (Å²) in [5.74, 6) is 1.30. The van der Waals surface area contributed by atoms with Crippen molar-refractivity contribution in [1.29, 1.82) is 0 Å². The second-order valence-electron chi connectivity index (χ2n) is 5.41. The van der Waals surface area contributed by atoms with E-state index < -0.39 is 0 Å².